The first-order valence-electron chi connectivity index (χ1n) is 15.7. The highest BCUT2D eigenvalue weighted by Gasteiger charge is 2.35. The Hall–Kier alpha value is -5.07. The van der Waals surface area contributed by atoms with Crippen LogP contribution in [-0.4, -0.2) is 67.5 Å². The van der Waals surface area contributed by atoms with E-state index >= 15 is 0 Å². The fourth-order valence-electron chi connectivity index (χ4n) is 5.60. The molecule has 1 saturated heterocycles. The number of carbonyl (C=O) groups excluding carboxylic acids is 2. The molecule has 48 heavy (non-hydrogen) atoms. The number of hydrogen-bond acceptors (Lipinski definition) is 9. The summed E-state index contributed by atoms with van der Waals surface area (Å²) in [6.45, 7) is 5.92. The SMILES string of the molecule is CCOC(=O)C1=C(c2ccccc2)N=c2s/c(=C/c3ccc(OCC(=O)N4CCOCC4)c(OCC)c3)c(=O)n2[C@H]1c1ccc(F)cc1. The number of hydrogen-bond donors (Lipinski definition) is 0. The van der Waals surface area contributed by atoms with E-state index in [1.54, 1.807) is 48.2 Å². The number of carbonyl (C=O) groups is 2. The van der Waals surface area contributed by atoms with Gasteiger partial charge < -0.3 is 23.8 Å². The molecule has 0 N–H and O–H groups in total. The van der Waals surface area contributed by atoms with E-state index in [9.17, 15) is 18.8 Å². The molecule has 0 aliphatic carbocycles. The van der Waals surface area contributed by atoms with Gasteiger partial charge in [-0.3, -0.25) is 14.2 Å². The zero-order valence-electron chi connectivity index (χ0n) is 26.5. The summed E-state index contributed by atoms with van der Waals surface area (Å²) < 4.78 is 38.4. The van der Waals surface area contributed by atoms with Crippen molar-refractivity contribution in [3.63, 3.8) is 0 Å². The second kappa shape index (κ2) is 14.8. The Kier molecular flexibility index (Phi) is 10.1. The van der Waals surface area contributed by atoms with Crippen molar-refractivity contribution in [2.45, 2.75) is 19.9 Å². The molecule has 1 amide bonds. The van der Waals surface area contributed by atoms with Crippen LogP contribution in [0.5, 0.6) is 11.5 Å². The van der Waals surface area contributed by atoms with Crippen LogP contribution in [0.25, 0.3) is 11.8 Å². The van der Waals surface area contributed by atoms with Crippen LogP contribution < -0.4 is 24.4 Å². The molecule has 248 valence electrons. The summed E-state index contributed by atoms with van der Waals surface area (Å²) in [5.41, 5.74) is 2.04. The van der Waals surface area contributed by atoms with E-state index in [1.165, 1.54) is 28.0 Å². The van der Waals surface area contributed by atoms with E-state index in [2.05, 4.69) is 0 Å². The number of rotatable bonds is 10. The number of thiazole rings is 1. The number of fused-ring (bicyclic) bond motifs is 1. The van der Waals surface area contributed by atoms with E-state index in [0.717, 1.165) is 0 Å². The van der Waals surface area contributed by atoms with E-state index in [-0.39, 0.29) is 30.3 Å². The monoisotopic (exact) mass is 671 g/mol. The van der Waals surface area contributed by atoms with Crippen LogP contribution in [0.3, 0.4) is 0 Å². The molecular weight excluding hydrogens is 637 g/mol. The summed E-state index contributed by atoms with van der Waals surface area (Å²) in [5, 5.41) is 0. The maximum Gasteiger partial charge on any atom is 0.338 e. The number of morpholine rings is 1. The lowest BCUT2D eigenvalue weighted by Gasteiger charge is -2.26. The van der Waals surface area contributed by atoms with Gasteiger partial charge in [0.25, 0.3) is 11.5 Å². The highest BCUT2D eigenvalue weighted by Crippen LogP contribution is 2.35. The van der Waals surface area contributed by atoms with Crippen molar-refractivity contribution in [2.75, 3.05) is 46.1 Å². The summed E-state index contributed by atoms with van der Waals surface area (Å²) in [6.07, 6.45) is 1.72. The molecule has 1 atom stereocenters. The Bertz CT molecular complexity index is 2020. The minimum Gasteiger partial charge on any atom is -0.490 e. The number of amides is 1. The number of ether oxygens (including phenoxy) is 4. The number of nitrogens with zero attached hydrogens (tertiary/aromatic N) is 3. The van der Waals surface area contributed by atoms with Crippen LogP contribution in [-0.2, 0) is 19.1 Å². The Balaban J connectivity index is 1.43. The highest BCUT2D eigenvalue weighted by molar-refractivity contribution is 7.07. The molecule has 0 bridgehead atoms. The second-order valence-electron chi connectivity index (χ2n) is 10.9. The van der Waals surface area contributed by atoms with Gasteiger partial charge in [-0.25, -0.2) is 14.2 Å². The molecule has 6 rings (SSSR count). The molecule has 4 aromatic rings. The maximum atomic E-state index is 14.2. The second-order valence-corrected chi connectivity index (χ2v) is 11.9. The molecule has 2 aliphatic heterocycles. The Morgan fingerprint density at radius 3 is 2.44 bits per heavy atom. The van der Waals surface area contributed by atoms with Gasteiger partial charge in [0, 0.05) is 18.7 Å². The molecular formula is C36H34FN3O7S. The molecule has 3 heterocycles. The first-order valence-corrected chi connectivity index (χ1v) is 16.5. The average molecular weight is 672 g/mol. The maximum absolute atomic E-state index is 14.2. The molecule has 0 radical (unpaired) electrons. The standard InChI is InChI=1S/C36H34FN3O7S/c1-3-45-28-20-23(10-15-27(28)47-22-30(41)39-16-18-44-19-17-39)21-29-34(42)40-33(25-11-13-26(37)14-12-25)31(35(43)46-4-2)32(38-36(40)48-29)24-8-6-5-7-9-24/h5-15,20-21,33H,3-4,16-19,22H2,1-2H3/b29-21+/t33-/m0/s1. The topological polar surface area (TPSA) is 109 Å². The molecule has 1 fully saturated rings. The van der Waals surface area contributed by atoms with Gasteiger partial charge in [-0.05, 0) is 55.3 Å². The summed E-state index contributed by atoms with van der Waals surface area (Å²) in [7, 11) is 0. The minimum atomic E-state index is -0.919. The lowest BCUT2D eigenvalue weighted by atomic mass is 9.93. The summed E-state index contributed by atoms with van der Waals surface area (Å²) in [4.78, 5) is 47.3. The molecule has 2 aliphatic rings. The first kappa shape index (κ1) is 32.9. The van der Waals surface area contributed by atoms with Crippen molar-refractivity contribution in [3.8, 4) is 11.5 Å². The predicted octanol–water partition coefficient (Wildman–Crippen LogP) is 3.71. The Morgan fingerprint density at radius 2 is 1.73 bits per heavy atom. The Labute approximate surface area is 280 Å². The van der Waals surface area contributed by atoms with Crippen LogP contribution in [0.15, 0.2) is 88.2 Å². The number of esters is 1. The molecule has 0 saturated carbocycles. The van der Waals surface area contributed by atoms with E-state index < -0.39 is 17.8 Å². The van der Waals surface area contributed by atoms with E-state index in [1.807, 2.05) is 37.3 Å². The number of aromatic nitrogens is 1. The fraction of sp³-hybridized carbons (Fsp3) is 0.278. The van der Waals surface area contributed by atoms with Gasteiger partial charge in [-0.2, -0.15) is 0 Å². The predicted molar refractivity (Wildman–Crippen MR) is 178 cm³/mol. The smallest absolute Gasteiger partial charge is 0.338 e. The van der Waals surface area contributed by atoms with Gasteiger partial charge in [-0.1, -0.05) is 59.9 Å². The lowest BCUT2D eigenvalue weighted by molar-refractivity contribution is -0.139. The van der Waals surface area contributed by atoms with Crippen LogP contribution in [0, 0.1) is 5.82 Å². The van der Waals surface area contributed by atoms with Gasteiger partial charge in [-0.15, -0.1) is 0 Å². The zero-order chi connectivity index (χ0) is 33.6. The van der Waals surface area contributed by atoms with E-state index in [4.69, 9.17) is 23.9 Å². The third-order valence-electron chi connectivity index (χ3n) is 7.84. The minimum absolute atomic E-state index is 0.119. The first-order chi connectivity index (χ1) is 23.4. The average Bonchev–Trinajstić information content (AvgIpc) is 3.42. The number of benzene rings is 3. The van der Waals surface area contributed by atoms with Crippen molar-refractivity contribution in [1.82, 2.24) is 9.47 Å². The van der Waals surface area contributed by atoms with Crippen molar-refractivity contribution in [1.29, 1.82) is 0 Å². The lowest BCUT2D eigenvalue weighted by Crippen LogP contribution is -2.43. The van der Waals surface area contributed by atoms with E-state index in [0.29, 0.717) is 76.1 Å². The van der Waals surface area contributed by atoms with Crippen molar-refractivity contribution in [3.05, 3.63) is 121 Å². The third kappa shape index (κ3) is 6.95. The quantitative estimate of drug-likeness (QED) is 0.237. The van der Waals surface area contributed by atoms with Gasteiger partial charge >= 0.3 is 5.97 Å². The van der Waals surface area contributed by atoms with Gasteiger partial charge in [0.1, 0.15) is 5.82 Å². The van der Waals surface area contributed by atoms with Gasteiger partial charge in [0.05, 0.1) is 48.3 Å². The number of halogens is 1. The summed E-state index contributed by atoms with van der Waals surface area (Å²) >= 11 is 1.17. The summed E-state index contributed by atoms with van der Waals surface area (Å²) in [5.74, 6) is -0.375. The molecule has 3 aromatic carbocycles. The third-order valence-corrected chi connectivity index (χ3v) is 8.82. The van der Waals surface area contributed by atoms with Crippen LogP contribution in [0.4, 0.5) is 4.39 Å². The van der Waals surface area contributed by atoms with Crippen molar-refractivity contribution >= 4 is 35.0 Å². The van der Waals surface area contributed by atoms with Gasteiger partial charge in [0.2, 0.25) is 0 Å². The van der Waals surface area contributed by atoms with Crippen LogP contribution in [0.1, 0.15) is 36.6 Å². The molecule has 0 unspecified atom stereocenters. The van der Waals surface area contributed by atoms with Crippen molar-refractivity contribution in [2.24, 2.45) is 4.99 Å². The zero-order valence-corrected chi connectivity index (χ0v) is 27.3. The largest absolute Gasteiger partial charge is 0.490 e. The normalized spacial score (nSPS) is 16.3. The van der Waals surface area contributed by atoms with Crippen LogP contribution in [0.2, 0.25) is 0 Å². The van der Waals surface area contributed by atoms with Gasteiger partial charge in [0.15, 0.2) is 22.9 Å². The Morgan fingerprint density at radius 1 is 0.979 bits per heavy atom. The molecule has 10 nitrogen and oxygen atoms in total. The van der Waals surface area contributed by atoms with Crippen molar-refractivity contribution < 1.29 is 32.9 Å². The molecule has 0 spiro atoms. The highest BCUT2D eigenvalue weighted by atomic mass is 32.1. The molecule has 12 heteroatoms. The fourth-order valence-corrected chi connectivity index (χ4v) is 6.60. The summed E-state index contributed by atoms with van der Waals surface area (Å²) in [6, 6.07) is 19.2. The van der Waals surface area contributed by atoms with Crippen LogP contribution >= 0.6 is 11.3 Å². The molecule has 1 aromatic heterocycles.